The number of ether oxygens (including phenoxy) is 1. The van der Waals surface area contributed by atoms with Crippen molar-refractivity contribution in [3.05, 3.63) is 100 Å². The Hall–Kier alpha value is -2.77. The minimum absolute atomic E-state index is 0.0420. The van der Waals surface area contributed by atoms with E-state index in [1.54, 1.807) is 23.8 Å². The predicted molar refractivity (Wildman–Crippen MR) is 163 cm³/mol. The Balaban J connectivity index is 1.57. The zero-order valence-electron chi connectivity index (χ0n) is 22.5. The number of carbonyl (C=O) groups excluding carboxylic acids is 2. The number of nitrogens with zero attached hydrogens (tertiary/aromatic N) is 1. The first-order chi connectivity index (χ1) is 19.0. The lowest BCUT2D eigenvalue weighted by Gasteiger charge is -2.33. The number of hydrogen-bond donors (Lipinski definition) is 1. The van der Waals surface area contributed by atoms with Crippen LogP contribution in [0.1, 0.15) is 48.8 Å². The van der Waals surface area contributed by atoms with Crippen molar-refractivity contribution in [3.8, 4) is 5.75 Å². The fourth-order valence-corrected chi connectivity index (χ4v) is 6.12. The van der Waals surface area contributed by atoms with Gasteiger partial charge in [-0.3, -0.25) is 9.59 Å². The number of benzene rings is 3. The number of halogens is 1. The second-order valence-corrected chi connectivity index (χ2v) is 11.9. The van der Waals surface area contributed by atoms with Crippen LogP contribution in [0.2, 0.25) is 0 Å². The van der Waals surface area contributed by atoms with Gasteiger partial charge in [-0.25, -0.2) is 0 Å². The summed E-state index contributed by atoms with van der Waals surface area (Å²) in [4.78, 5) is 29.5. The number of nitrogens with one attached hydrogen (secondary N) is 1. The highest BCUT2D eigenvalue weighted by Gasteiger charge is 2.32. The number of carbonyl (C=O) groups is 2. The summed E-state index contributed by atoms with van der Waals surface area (Å²) in [7, 11) is 1.64. The van der Waals surface area contributed by atoms with E-state index in [4.69, 9.17) is 4.74 Å². The number of rotatable bonds is 12. The zero-order chi connectivity index (χ0) is 27.5. The van der Waals surface area contributed by atoms with Crippen LogP contribution in [0.5, 0.6) is 5.75 Å². The van der Waals surface area contributed by atoms with Gasteiger partial charge in [0, 0.05) is 29.2 Å². The standard InChI is InChI=1S/C32H37BrN2O3S/c1-38-29-14-8-11-26(19-29)21-35(31(36)23-39-22-25-15-17-27(33)18-16-25)30(20-24-9-4-2-5-10-24)32(37)34-28-12-6-3-7-13-28/h2,4-5,8-11,14-19,28,30H,3,6-7,12-13,20-23H2,1H3,(H,34,37). The van der Waals surface area contributed by atoms with Crippen LogP contribution in [0.15, 0.2) is 83.3 Å². The average Bonchev–Trinajstić information content (AvgIpc) is 2.97. The molecule has 0 aliphatic heterocycles. The molecule has 1 atom stereocenters. The van der Waals surface area contributed by atoms with Crippen molar-refractivity contribution in [2.45, 2.75) is 62.9 Å². The largest absolute Gasteiger partial charge is 0.497 e. The molecule has 3 aromatic rings. The molecule has 0 heterocycles. The average molecular weight is 610 g/mol. The molecule has 1 aliphatic carbocycles. The fourth-order valence-electron chi connectivity index (χ4n) is 4.99. The summed E-state index contributed by atoms with van der Waals surface area (Å²) >= 11 is 5.05. The van der Waals surface area contributed by atoms with E-state index in [0.29, 0.717) is 18.7 Å². The molecule has 0 spiro atoms. The summed E-state index contributed by atoms with van der Waals surface area (Å²) in [5, 5.41) is 3.30. The summed E-state index contributed by atoms with van der Waals surface area (Å²) in [5.74, 6) is 1.64. The molecule has 0 saturated heterocycles. The van der Waals surface area contributed by atoms with E-state index in [2.05, 4.69) is 33.4 Å². The molecule has 1 unspecified atom stereocenters. The van der Waals surface area contributed by atoms with E-state index in [1.165, 1.54) is 6.42 Å². The van der Waals surface area contributed by atoms with Gasteiger partial charge in [-0.1, -0.05) is 89.8 Å². The van der Waals surface area contributed by atoms with Gasteiger partial charge in [-0.2, -0.15) is 0 Å². The highest BCUT2D eigenvalue weighted by Crippen LogP contribution is 2.23. The van der Waals surface area contributed by atoms with Gasteiger partial charge in [0.1, 0.15) is 11.8 Å². The normalized spacial score (nSPS) is 14.4. The van der Waals surface area contributed by atoms with Crippen LogP contribution in [0.4, 0.5) is 0 Å². The van der Waals surface area contributed by atoms with Crippen LogP contribution in [0.3, 0.4) is 0 Å². The third-order valence-corrected chi connectivity index (χ3v) is 8.63. The van der Waals surface area contributed by atoms with Gasteiger partial charge < -0.3 is 15.0 Å². The fraction of sp³-hybridized carbons (Fsp3) is 0.375. The summed E-state index contributed by atoms with van der Waals surface area (Å²) in [6.45, 7) is 0.338. The van der Waals surface area contributed by atoms with Crippen molar-refractivity contribution in [2.24, 2.45) is 0 Å². The maximum Gasteiger partial charge on any atom is 0.243 e. The Labute approximate surface area is 244 Å². The Morgan fingerprint density at radius 3 is 2.38 bits per heavy atom. The summed E-state index contributed by atoms with van der Waals surface area (Å²) < 4.78 is 6.47. The molecule has 2 amide bonds. The van der Waals surface area contributed by atoms with Crippen LogP contribution in [-0.4, -0.2) is 41.7 Å². The monoisotopic (exact) mass is 608 g/mol. The third kappa shape index (κ3) is 9.14. The van der Waals surface area contributed by atoms with E-state index >= 15 is 0 Å². The summed E-state index contributed by atoms with van der Waals surface area (Å²) in [5.41, 5.74) is 3.13. The lowest BCUT2D eigenvalue weighted by atomic mass is 9.94. The molecule has 5 nitrogen and oxygen atoms in total. The van der Waals surface area contributed by atoms with Crippen molar-refractivity contribution >= 4 is 39.5 Å². The maximum absolute atomic E-state index is 13.9. The Kier molecular flexibility index (Phi) is 11.3. The second-order valence-electron chi connectivity index (χ2n) is 10.0. The first-order valence-corrected chi connectivity index (χ1v) is 15.6. The van der Waals surface area contributed by atoms with E-state index < -0.39 is 6.04 Å². The Morgan fingerprint density at radius 2 is 1.67 bits per heavy atom. The number of amides is 2. The summed E-state index contributed by atoms with van der Waals surface area (Å²) in [6.07, 6.45) is 5.94. The van der Waals surface area contributed by atoms with Crippen LogP contribution in [0, 0.1) is 0 Å². The number of hydrogen-bond acceptors (Lipinski definition) is 4. The van der Waals surface area contributed by atoms with Crippen molar-refractivity contribution in [2.75, 3.05) is 12.9 Å². The van der Waals surface area contributed by atoms with Crippen LogP contribution >= 0.6 is 27.7 Å². The smallest absolute Gasteiger partial charge is 0.243 e. The molecule has 1 N–H and O–H groups in total. The zero-order valence-corrected chi connectivity index (χ0v) is 24.9. The van der Waals surface area contributed by atoms with E-state index in [-0.39, 0.29) is 17.9 Å². The van der Waals surface area contributed by atoms with Crippen molar-refractivity contribution < 1.29 is 14.3 Å². The topological polar surface area (TPSA) is 58.6 Å². The van der Waals surface area contributed by atoms with Crippen LogP contribution in [0.25, 0.3) is 0 Å². The van der Waals surface area contributed by atoms with Gasteiger partial charge in [0.25, 0.3) is 0 Å². The molecule has 1 fully saturated rings. The second kappa shape index (κ2) is 15.1. The lowest BCUT2D eigenvalue weighted by molar-refractivity contribution is -0.139. The van der Waals surface area contributed by atoms with E-state index in [1.807, 2.05) is 66.7 Å². The molecule has 1 aliphatic rings. The van der Waals surface area contributed by atoms with Gasteiger partial charge in [0.05, 0.1) is 12.9 Å². The van der Waals surface area contributed by atoms with Crippen molar-refractivity contribution in [1.29, 1.82) is 0 Å². The number of thioether (sulfide) groups is 1. The van der Waals surface area contributed by atoms with Crippen molar-refractivity contribution in [1.82, 2.24) is 10.2 Å². The first kappa shape index (κ1) is 29.2. The molecule has 3 aromatic carbocycles. The molecule has 7 heteroatoms. The van der Waals surface area contributed by atoms with Gasteiger partial charge in [-0.05, 0) is 53.8 Å². The van der Waals surface area contributed by atoms with Crippen LogP contribution < -0.4 is 10.1 Å². The van der Waals surface area contributed by atoms with Crippen LogP contribution in [-0.2, 0) is 28.3 Å². The molecule has 4 rings (SSSR count). The molecule has 0 radical (unpaired) electrons. The maximum atomic E-state index is 13.9. The Bertz CT molecular complexity index is 1200. The molecule has 39 heavy (non-hydrogen) atoms. The SMILES string of the molecule is COc1cccc(CN(C(=O)CSCc2ccc(Br)cc2)C(Cc2ccccc2)C(=O)NC2CCCCC2)c1. The van der Waals surface area contributed by atoms with E-state index in [9.17, 15) is 9.59 Å². The molecule has 0 aromatic heterocycles. The molecular formula is C32H37BrN2O3S. The highest BCUT2D eigenvalue weighted by atomic mass is 79.9. The molecular weight excluding hydrogens is 572 g/mol. The first-order valence-electron chi connectivity index (χ1n) is 13.6. The molecule has 1 saturated carbocycles. The van der Waals surface area contributed by atoms with Gasteiger partial charge in [0.2, 0.25) is 11.8 Å². The van der Waals surface area contributed by atoms with Gasteiger partial charge in [-0.15, -0.1) is 11.8 Å². The quantitative estimate of drug-likeness (QED) is 0.246. The number of methoxy groups -OCH3 is 1. The third-order valence-electron chi connectivity index (χ3n) is 7.12. The van der Waals surface area contributed by atoms with Gasteiger partial charge in [0.15, 0.2) is 0 Å². The lowest BCUT2D eigenvalue weighted by Crippen LogP contribution is -2.53. The minimum Gasteiger partial charge on any atom is -0.497 e. The van der Waals surface area contributed by atoms with E-state index in [0.717, 1.165) is 58.3 Å². The minimum atomic E-state index is -0.610. The Morgan fingerprint density at radius 1 is 0.949 bits per heavy atom. The summed E-state index contributed by atoms with van der Waals surface area (Å²) in [6, 6.07) is 25.4. The molecule has 206 valence electrons. The van der Waals surface area contributed by atoms with Gasteiger partial charge >= 0.3 is 0 Å². The predicted octanol–water partition coefficient (Wildman–Crippen LogP) is 6.78. The van der Waals surface area contributed by atoms with Crippen molar-refractivity contribution in [3.63, 3.8) is 0 Å². The molecule has 0 bridgehead atoms. The highest BCUT2D eigenvalue weighted by molar-refractivity contribution is 9.10.